The molecule has 3 heterocycles. The summed E-state index contributed by atoms with van der Waals surface area (Å²) < 4.78 is 12.9. The molecule has 37 heavy (non-hydrogen) atoms. The van der Waals surface area contributed by atoms with Crippen LogP contribution >= 0.6 is 12.4 Å². The number of amides is 1. The van der Waals surface area contributed by atoms with Crippen LogP contribution in [0.5, 0.6) is 5.88 Å². The lowest BCUT2D eigenvalue weighted by Gasteiger charge is -2.28. The summed E-state index contributed by atoms with van der Waals surface area (Å²) in [4.78, 5) is 31.5. The monoisotopic (exact) mass is 522 g/mol. The van der Waals surface area contributed by atoms with E-state index in [9.17, 15) is 9.59 Å². The van der Waals surface area contributed by atoms with E-state index >= 15 is 0 Å². The fraction of sp³-hybridized carbons (Fsp3) is 0.321. The number of fused-ring (bicyclic) bond motifs is 1. The van der Waals surface area contributed by atoms with Crippen LogP contribution in [0.2, 0.25) is 0 Å². The largest absolute Gasteiger partial charge is 0.474 e. The van der Waals surface area contributed by atoms with Crippen LogP contribution in [0.1, 0.15) is 19.8 Å². The second-order valence-corrected chi connectivity index (χ2v) is 9.22. The van der Waals surface area contributed by atoms with Crippen LogP contribution in [0, 0.1) is 5.92 Å². The number of likely N-dealkylation sites (N-methyl/N-ethyl adjacent to an activating group) is 1. The Labute approximate surface area is 221 Å². The molecule has 1 saturated heterocycles. The van der Waals surface area contributed by atoms with Crippen molar-refractivity contribution in [3.05, 3.63) is 77.4 Å². The van der Waals surface area contributed by atoms with E-state index < -0.39 is 5.76 Å². The normalized spacial score (nSPS) is 14.6. The summed E-state index contributed by atoms with van der Waals surface area (Å²) in [7, 11) is 1.69. The number of aromatic nitrogens is 2. The molecule has 8 nitrogen and oxygen atoms in total. The van der Waals surface area contributed by atoms with Crippen LogP contribution in [0.15, 0.2) is 76.1 Å². The van der Waals surface area contributed by atoms with Crippen LogP contribution in [0.4, 0.5) is 5.69 Å². The van der Waals surface area contributed by atoms with Gasteiger partial charge in [-0.05, 0) is 74.7 Å². The quantitative estimate of drug-likeness (QED) is 0.384. The van der Waals surface area contributed by atoms with Gasteiger partial charge in [-0.1, -0.05) is 24.3 Å². The topological polar surface area (TPSA) is 89.6 Å². The molecule has 1 atom stereocenters. The molecule has 0 radical (unpaired) electrons. The molecule has 2 aromatic heterocycles. The van der Waals surface area contributed by atoms with Crippen molar-refractivity contribution in [3.63, 3.8) is 0 Å². The zero-order valence-corrected chi connectivity index (χ0v) is 21.7. The number of ether oxygens (including phenoxy) is 1. The van der Waals surface area contributed by atoms with Gasteiger partial charge in [0.1, 0.15) is 12.6 Å². The number of nitrogens with zero attached hydrogens (tertiary/aromatic N) is 3. The van der Waals surface area contributed by atoms with E-state index in [-0.39, 0.29) is 31.0 Å². The van der Waals surface area contributed by atoms with Crippen LogP contribution in [0.25, 0.3) is 22.2 Å². The van der Waals surface area contributed by atoms with Gasteiger partial charge in [-0.25, -0.2) is 9.78 Å². The number of oxazole rings is 1. The van der Waals surface area contributed by atoms with Gasteiger partial charge >= 0.3 is 5.76 Å². The minimum absolute atomic E-state index is 0. The van der Waals surface area contributed by atoms with Crippen molar-refractivity contribution < 1.29 is 13.9 Å². The molecule has 0 saturated carbocycles. The van der Waals surface area contributed by atoms with Crippen molar-refractivity contribution in [1.82, 2.24) is 14.9 Å². The van der Waals surface area contributed by atoms with Gasteiger partial charge in [0.25, 0.3) is 0 Å². The molecule has 0 bridgehead atoms. The molecule has 1 amide bonds. The summed E-state index contributed by atoms with van der Waals surface area (Å²) in [5.74, 6) is 0.338. The fourth-order valence-corrected chi connectivity index (χ4v) is 4.65. The van der Waals surface area contributed by atoms with Crippen LogP contribution in [0.3, 0.4) is 0 Å². The van der Waals surface area contributed by atoms with Gasteiger partial charge in [0.15, 0.2) is 5.58 Å². The molecule has 1 aliphatic heterocycles. The number of carbonyl (C=O) groups excluding carboxylic acids is 1. The summed E-state index contributed by atoms with van der Waals surface area (Å²) in [6.45, 7) is 4.04. The number of carbonyl (C=O) groups is 1. The first kappa shape index (κ1) is 26.4. The second kappa shape index (κ2) is 11.6. The van der Waals surface area contributed by atoms with E-state index in [0.717, 1.165) is 42.7 Å². The summed E-state index contributed by atoms with van der Waals surface area (Å²) in [6, 6.07) is 18.6. The third-order valence-electron chi connectivity index (χ3n) is 6.90. The number of piperidine rings is 1. The Bertz CT molecular complexity index is 1400. The molecule has 0 aliphatic carbocycles. The first-order valence-electron chi connectivity index (χ1n) is 12.3. The average molecular weight is 523 g/mol. The van der Waals surface area contributed by atoms with Crippen molar-refractivity contribution in [2.45, 2.75) is 32.4 Å². The highest BCUT2D eigenvalue weighted by molar-refractivity contribution is 5.93. The lowest BCUT2D eigenvalue weighted by atomic mass is 9.93. The third kappa shape index (κ3) is 5.87. The number of rotatable bonds is 7. The zero-order valence-electron chi connectivity index (χ0n) is 20.9. The number of hydrogen-bond donors (Lipinski definition) is 1. The fourth-order valence-electron chi connectivity index (χ4n) is 4.65. The highest BCUT2D eigenvalue weighted by Crippen LogP contribution is 2.26. The van der Waals surface area contributed by atoms with Gasteiger partial charge in [0.2, 0.25) is 11.8 Å². The number of benzene rings is 2. The van der Waals surface area contributed by atoms with Crippen molar-refractivity contribution in [3.8, 4) is 17.0 Å². The van der Waals surface area contributed by atoms with Gasteiger partial charge in [-0.15, -0.1) is 12.4 Å². The molecule has 1 N–H and O–H groups in total. The highest BCUT2D eigenvalue weighted by atomic mass is 35.5. The predicted octanol–water partition coefficient (Wildman–Crippen LogP) is 4.51. The Kier molecular flexibility index (Phi) is 8.31. The number of halogens is 1. The van der Waals surface area contributed by atoms with E-state index in [2.05, 4.69) is 17.2 Å². The van der Waals surface area contributed by atoms with E-state index in [1.54, 1.807) is 19.3 Å². The Hall–Kier alpha value is -3.62. The lowest BCUT2D eigenvalue weighted by molar-refractivity contribution is -0.118. The average Bonchev–Trinajstić information content (AvgIpc) is 3.23. The van der Waals surface area contributed by atoms with Crippen LogP contribution < -0.4 is 20.7 Å². The Morgan fingerprint density at radius 1 is 1.14 bits per heavy atom. The molecular weight excluding hydrogens is 492 g/mol. The standard InChI is InChI=1S/C28H30N4O4.ClH/c1-19(20-12-14-29-15-13-20)35-26-11-9-22(17-30-26)21-8-10-25-24(16-21)32(28(34)36-25)18-27(33)31(2)23-6-4-3-5-7-23;/h3-11,16-17,19-20,29H,12-15,18H2,1-2H3;1H. The summed E-state index contributed by atoms with van der Waals surface area (Å²) in [5, 5.41) is 3.38. The van der Waals surface area contributed by atoms with Gasteiger partial charge in [-0.3, -0.25) is 9.36 Å². The third-order valence-corrected chi connectivity index (χ3v) is 6.90. The molecule has 1 fully saturated rings. The molecule has 9 heteroatoms. The van der Waals surface area contributed by atoms with Gasteiger partial charge in [0, 0.05) is 30.6 Å². The zero-order chi connectivity index (χ0) is 25.1. The maximum absolute atomic E-state index is 12.9. The summed E-state index contributed by atoms with van der Waals surface area (Å²) in [6.07, 6.45) is 4.08. The van der Waals surface area contributed by atoms with E-state index in [0.29, 0.717) is 22.9 Å². The number of para-hydroxylation sites is 1. The molecule has 0 spiro atoms. The second-order valence-electron chi connectivity index (χ2n) is 9.22. The Balaban J connectivity index is 0.00000320. The Morgan fingerprint density at radius 3 is 2.57 bits per heavy atom. The first-order valence-corrected chi connectivity index (χ1v) is 12.3. The minimum Gasteiger partial charge on any atom is -0.474 e. The summed E-state index contributed by atoms with van der Waals surface area (Å²) in [5.41, 5.74) is 3.50. The van der Waals surface area contributed by atoms with E-state index in [4.69, 9.17) is 9.15 Å². The molecular formula is C28H31ClN4O4. The number of nitrogens with one attached hydrogen (secondary N) is 1. The maximum Gasteiger partial charge on any atom is 0.420 e. The smallest absolute Gasteiger partial charge is 0.420 e. The highest BCUT2D eigenvalue weighted by Gasteiger charge is 2.22. The van der Waals surface area contributed by atoms with E-state index in [1.165, 1.54) is 9.47 Å². The maximum atomic E-state index is 12.9. The van der Waals surface area contributed by atoms with Crippen LogP contribution in [-0.2, 0) is 11.3 Å². The van der Waals surface area contributed by atoms with Crippen LogP contribution in [-0.4, -0.2) is 41.7 Å². The van der Waals surface area contributed by atoms with Gasteiger partial charge < -0.3 is 19.4 Å². The number of anilines is 1. The molecule has 1 aliphatic rings. The van der Waals surface area contributed by atoms with Crippen molar-refractivity contribution >= 4 is 35.1 Å². The first-order chi connectivity index (χ1) is 17.5. The lowest BCUT2D eigenvalue weighted by Crippen LogP contribution is -2.35. The Morgan fingerprint density at radius 2 is 1.86 bits per heavy atom. The van der Waals surface area contributed by atoms with Crippen molar-refractivity contribution in [1.29, 1.82) is 0 Å². The molecule has 5 rings (SSSR count). The SMILES string of the molecule is CC(Oc1ccc(-c2ccc3oc(=O)n(CC(=O)N(C)c4ccccc4)c3c2)cn1)C1CCNCC1.Cl. The molecule has 1 unspecified atom stereocenters. The molecule has 2 aromatic carbocycles. The van der Waals surface area contributed by atoms with Gasteiger partial charge in [0.05, 0.1) is 5.52 Å². The minimum atomic E-state index is -0.564. The van der Waals surface area contributed by atoms with Crippen molar-refractivity contribution in [2.24, 2.45) is 5.92 Å². The van der Waals surface area contributed by atoms with Crippen molar-refractivity contribution in [2.75, 3.05) is 25.0 Å². The van der Waals surface area contributed by atoms with Gasteiger partial charge in [-0.2, -0.15) is 0 Å². The van der Waals surface area contributed by atoms with E-state index in [1.807, 2.05) is 54.6 Å². The number of hydrogen-bond acceptors (Lipinski definition) is 6. The molecule has 4 aromatic rings. The summed E-state index contributed by atoms with van der Waals surface area (Å²) >= 11 is 0. The number of pyridine rings is 1. The molecule has 194 valence electrons. The predicted molar refractivity (Wildman–Crippen MR) is 146 cm³/mol.